The number of carbonyl (C=O) groups excluding carboxylic acids is 1. The summed E-state index contributed by atoms with van der Waals surface area (Å²) in [6.45, 7) is 7.47. The van der Waals surface area contributed by atoms with Crippen molar-refractivity contribution in [3.63, 3.8) is 0 Å². The molecular formula is C17H23ClN4O2. The second kappa shape index (κ2) is 7.77. The van der Waals surface area contributed by atoms with Crippen LogP contribution in [0.2, 0.25) is 0 Å². The third kappa shape index (κ3) is 3.60. The first-order valence-electron chi connectivity index (χ1n) is 8.08. The second-order valence-corrected chi connectivity index (χ2v) is 6.32. The normalized spacial score (nSPS) is 14.7. The van der Waals surface area contributed by atoms with Crippen LogP contribution in [0.4, 0.5) is 0 Å². The minimum absolute atomic E-state index is 0. The van der Waals surface area contributed by atoms with Crippen LogP contribution < -0.4 is 10.9 Å². The molecule has 1 aliphatic rings. The van der Waals surface area contributed by atoms with Gasteiger partial charge in [-0.3, -0.25) is 9.59 Å². The van der Waals surface area contributed by atoms with Crippen molar-refractivity contribution in [2.75, 3.05) is 26.2 Å². The lowest BCUT2D eigenvalue weighted by molar-refractivity contribution is 0.0729. The van der Waals surface area contributed by atoms with Crippen molar-refractivity contribution in [1.29, 1.82) is 0 Å². The number of fused-ring (bicyclic) bond motifs is 1. The number of nitrogens with zero attached hydrogens (tertiary/aromatic N) is 3. The highest BCUT2D eigenvalue weighted by molar-refractivity contribution is 6.04. The van der Waals surface area contributed by atoms with Gasteiger partial charge in [0.2, 0.25) is 0 Å². The van der Waals surface area contributed by atoms with Crippen molar-refractivity contribution in [3.8, 4) is 0 Å². The Morgan fingerprint density at radius 2 is 1.83 bits per heavy atom. The molecule has 1 amide bonds. The molecule has 0 unspecified atom stereocenters. The predicted octanol–water partition coefficient (Wildman–Crippen LogP) is 1.52. The molecule has 3 rings (SSSR count). The summed E-state index contributed by atoms with van der Waals surface area (Å²) in [6, 6.07) is 7.23. The van der Waals surface area contributed by atoms with E-state index in [1.54, 1.807) is 17.0 Å². The van der Waals surface area contributed by atoms with E-state index in [2.05, 4.69) is 10.4 Å². The van der Waals surface area contributed by atoms with Crippen LogP contribution in [0.25, 0.3) is 10.8 Å². The number of amides is 1. The average molecular weight is 351 g/mol. The summed E-state index contributed by atoms with van der Waals surface area (Å²) >= 11 is 0. The van der Waals surface area contributed by atoms with Crippen molar-refractivity contribution in [3.05, 3.63) is 40.3 Å². The summed E-state index contributed by atoms with van der Waals surface area (Å²) in [6.07, 6.45) is 0. The quantitative estimate of drug-likeness (QED) is 0.911. The van der Waals surface area contributed by atoms with Crippen LogP contribution in [-0.2, 0) is 6.54 Å². The maximum atomic E-state index is 12.9. The first-order chi connectivity index (χ1) is 11.1. The maximum Gasteiger partial charge on any atom is 0.275 e. The summed E-state index contributed by atoms with van der Waals surface area (Å²) in [4.78, 5) is 27.3. The Kier molecular flexibility index (Phi) is 5.96. The number of carbonyl (C=O) groups is 1. The molecule has 1 aliphatic heterocycles. The fourth-order valence-electron chi connectivity index (χ4n) is 2.88. The summed E-state index contributed by atoms with van der Waals surface area (Å²) < 4.78 is 1.43. The number of benzene rings is 1. The number of halogens is 1. The third-order valence-electron chi connectivity index (χ3n) is 4.01. The van der Waals surface area contributed by atoms with Gasteiger partial charge in [0.15, 0.2) is 5.69 Å². The SMILES string of the molecule is CC(C)Cn1nc(C(=O)N2CCNCC2)c2ccccc2c1=O.Cl. The molecule has 0 bridgehead atoms. The first-order valence-corrected chi connectivity index (χ1v) is 8.08. The molecule has 0 aliphatic carbocycles. The number of aromatic nitrogens is 2. The number of hydrogen-bond donors (Lipinski definition) is 1. The molecule has 2 heterocycles. The van der Waals surface area contributed by atoms with Gasteiger partial charge in [-0.25, -0.2) is 4.68 Å². The Morgan fingerprint density at radius 3 is 2.46 bits per heavy atom. The van der Waals surface area contributed by atoms with Crippen LogP contribution in [0.5, 0.6) is 0 Å². The van der Waals surface area contributed by atoms with Crippen LogP contribution in [-0.4, -0.2) is 46.8 Å². The lowest BCUT2D eigenvalue weighted by atomic mass is 10.1. The Balaban J connectivity index is 0.00000208. The standard InChI is InChI=1S/C17H22N4O2.ClH/c1-12(2)11-21-16(22)14-6-4-3-5-13(14)15(19-21)17(23)20-9-7-18-8-10-20;/h3-6,12,18H,7-11H2,1-2H3;1H. The lowest BCUT2D eigenvalue weighted by Gasteiger charge is -2.27. The van der Waals surface area contributed by atoms with E-state index in [9.17, 15) is 9.59 Å². The van der Waals surface area contributed by atoms with Gasteiger partial charge >= 0.3 is 0 Å². The predicted molar refractivity (Wildman–Crippen MR) is 96.9 cm³/mol. The molecule has 130 valence electrons. The molecule has 0 spiro atoms. The van der Waals surface area contributed by atoms with E-state index in [4.69, 9.17) is 0 Å². The van der Waals surface area contributed by atoms with Crippen LogP contribution >= 0.6 is 12.4 Å². The van der Waals surface area contributed by atoms with Crippen LogP contribution in [0.1, 0.15) is 24.3 Å². The van der Waals surface area contributed by atoms with Gasteiger partial charge in [0.05, 0.1) is 5.39 Å². The Morgan fingerprint density at radius 1 is 1.21 bits per heavy atom. The number of nitrogens with one attached hydrogen (secondary N) is 1. The Bertz CT molecular complexity index is 782. The molecule has 2 aromatic rings. The van der Waals surface area contributed by atoms with Gasteiger partial charge in [0.25, 0.3) is 11.5 Å². The molecule has 0 saturated carbocycles. The van der Waals surface area contributed by atoms with Crippen LogP contribution in [0.15, 0.2) is 29.1 Å². The van der Waals surface area contributed by atoms with Gasteiger partial charge in [-0.2, -0.15) is 5.10 Å². The molecule has 1 aromatic carbocycles. The summed E-state index contributed by atoms with van der Waals surface area (Å²) in [5.74, 6) is 0.184. The van der Waals surface area contributed by atoms with E-state index >= 15 is 0 Å². The van der Waals surface area contributed by atoms with Gasteiger partial charge < -0.3 is 10.2 Å². The topological polar surface area (TPSA) is 67.2 Å². The number of piperazine rings is 1. The van der Waals surface area contributed by atoms with E-state index in [0.29, 0.717) is 36.1 Å². The van der Waals surface area contributed by atoms with Gasteiger partial charge in [-0.15, -0.1) is 12.4 Å². The highest BCUT2D eigenvalue weighted by atomic mass is 35.5. The van der Waals surface area contributed by atoms with Gasteiger partial charge in [-0.05, 0) is 12.0 Å². The molecular weight excluding hydrogens is 328 g/mol. The monoisotopic (exact) mass is 350 g/mol. The molecule has 1 fully saturated rings. The van der Waals surface area contributed by atoms with E-state index in [-0.39, 0.29) is 29.8 Å². The largest absolute Gasteiger partial charge is 0.335 e. The molecule has 1 saturated heterocycles. The molecule has 1 N–H and O–H groups in total. The van der Waals surface area contributed by atoms with E-state index in [1.807, 2.05) is 26.0 Å². The Labute approximate surface area is 147 Å². The fourth-order valence-corrected chi connectivity index (χ4v) is 2.88. The highest BCUT2D eigenvalue weighted by Crippen LogP contribution is 2.16. The maximum absolute atomic E-state index is 12.9. The minimum Gasteiger partial charge on any atom is -0.335 e. The van der Waals surface area contributed by atoms with Crippen molar-refractivity contribution in [2.45, 2.75) is 20.4 Å². The van der Waals surface area contributed by atoms with Crippen molar-refractivity contribution < 1.29 is 4.79 Å². The third-order valence-corrected chi connectivity index (χ3v) is 4.01. The molecule has 0 atom stereocenters. The van der Waals surface area contributed by atoms with Crippen molar-refractivity contribution in [1.82, 2.24) is 20.0 Å². The van der Waals surface area contributed by atoms with E-state index in [0.717, 1.165) is 13.1 Å². The average Bonchev–Trinajstić information content (AvgIpc) is 2.57. The number of hydrogen-bond acceptors (Lipinski definition) is 4. The van der Waals surface area contributed by atoms with Gasteiger partial charge in [-0.1, -0.05) is 32.0 Å². The first kappa shape index (κ1) is 18.4. The van der Waals surface area contributed by atoms with Crippen LogP contribution in [0, 0.1) is 5.92 Å². The fraction of sp³-hybridized carbons (Fsp3) is 0.471. The molecule has 7 heteroatoms. The summed E-state index contributed by atoms with van der Waals surface area (Å²) in [7, 11) is 0. The van der Waals surface area contributed by atoms with E-state index < -0.39 is 0 Å². The summed E-state index contributed by atoms with van der Waals surface area (Å²) in [5.41, 5.74) is 0.244. The molecule has 24 heavy (non-hydrogen) atoms. The zero-order chi connectivity index (χ0) is 16.4. The number of rotatable bonds is 3. The lowest BCUT2D eigenvalue weighted by Crippen LogP contribution is -2.47. The van der Waals surface area contributed by atoms with Crippen molar-refractivity contribution >= 4 is 29.1 Å². The summed E-state index contributed by atoms with van der Waals surface area (Å²) in [5, 5.41) is 8.84. The zero-order valence-corrected chi connectivity index (χ0v) is 14.8. The zero-order valence-electron chi connectivity index (χ0n) is 14.0. The Hall–Kier alpha value is -1.92. The minimum atomic E-state index is -0.133. The van der Waals surface area contributed by atoms with E-state index in [1.165, 1.54) is 4.68 Å². The van der Waals surface area contributed by atoms with Crippen molar-refractivity contribution in [2.24, 2.45) is 5.92 Å². The molecule has 1 aromatic heterocycles. The van der Waals surface area contributed by atoms with Crippen LogP contribution in [0.3, 0.4) is 0 Å². The van der Waals surface area contributed by atoms with Gasteiger partial charge in [0, 0.05) is 38.1 Å². The molecule has 0 radical (unpaired) electrons. The highest BCUT2D eigenvalue weighted by Gasteiger charge is 2.23. The second-order valence-electron chi connectivity index (χ2n) is 6.32. The molecule has 6 nitrogen and oxygen atoms in total. The van der Waals surface area contributed by atoms with Gasteiger partial charge in [0.1, 0.15) is 0 Å². The smallest absolute Gasteiger partial charge is 0.275 e.